The summed E-state index contributed by atoms with van der Waals surface area (Å²) >= 11 is 3.87. The molecule has 2 rings (SSSR count). The van der Waals surface area contributed by atoms with E-state index >= 15 is 0 Å². The third-order valence-electron chi connectivity index (χ3n) is 26.1. The summed E-state index contributed by atoms with van der Waals surface area (Å²) < 4.78 is 46.3. The number of hydrogen-bond acceptors (Lipinski definition) is 27. The number of rotatable bonds is 103. The fourth-order valence-electron chi connectivity index (χ4n) is 17.3. The molecule has 0 aromatic carbocycles. The highest BCUT2D eigenvalue weighted by atomic mass is 32.1. The summed E-state index contributed by atoms with van der Waals surface area (Å²) in [5.41, 5.74) is 0. The van der Waals surface area contributed by atoms with Gasteiger partial charge < -0.3 is 127 Å². The van der Waals surface area contributed by atoms with Gasteiger partial charge in [0.15, 0.2) is 0 Å². The van der Waals surface area contributed by atoms with E-state index in [4.69, 9.17) is 48.1 Å². The minimum atomic E-state index is -1.23. The van der Waals surface area contributed by atoms with Crippen molar-refractivity contribution < 1.29 is 140 Å². The summed E-state index contributed by atoms with van der Waals surface area (Å²) in [4.78, 5) is 196. The first kappa shape index (κ1) is 134. The topological polar surface area (TPSA) is 592 Å². The van der Waals surface area contributed by atoms with Crippen molar-refractivity contribution in [1.29, 1.82) is 0 Å². The zero-order valence-electron chi connectivity index (χ0n) is 87.6. The van der Waals surface area contributed by atoms with Crippen LogP contribution in [0.3, 0.4) is 0 Å². The number of amides is 10. The summed E-state index contributed by atoms with van der Waals surface area (Å²) in [5, 5.41) is 77.2. The standard InChI is InChI=1S/C104H186N12O29S/c117-77-85(145-72-71-141-64-60-109-97(125)80-144-70-65-138-61-57-106-92(120)53-51-87(102(132)133)114-94(122)73-81-43-45-82(46-44-81)74-112-90(118)39-29-25-21-17-13-9-5-1-3-7-11-15-19-23-27-31-41-98(126)127)76-111-86(101(131)110-56-36-34-38-89(116-146)104(136)137)37-33-35-55-105-95(123)78-142-68-67-140-63-59-108-96(124)79-143-69-66-139-62-58-107-93(121)54-52-88(103(134)135)115-100(130)84-49-47-83(48-50-84)75-113-91(119)40-30-26-22-18-14-10-6-2-4-8-12-16-20-24-28-32-42-99(128)129/h77,81-89,111,116,146H,1-76,78-80H2,(H,105,123)(H,106,120)(H,107,121)(H,108,124)(H,109,125)(H,110,131)(H,112,118)(H,113,119)(H,114,122)(H,115,130)(H,126,127)(H,128,129)(H,132,133)(H,134,135)(H,136,137)/t81-,82-,83-,84-,85?,86-,87-,88-,89-/m0/s1. The molecular formula is C104H186N12O29S. The summed E-state index contributed by atoms with van der Waals surface area (Å²) in [6.07, 6.45) is 46.5. The van der Waals surface area contributed by atoms with Gasteiger partial charge in [-0.3, -0.25) is 67.1 Å². The molecule has 146 heavy (non-hydrogen) atoms. The van der Waals surface area contributed by atoms with Gasteiger partial charge in [0.05, 0.1) is 85.3 Å². The summed E-state index contributed by atoms with van der Waals surface area (Å²) in [6, 6.07) is -4.07. The van der Waals surface area contributed by atoms with E-state index in [-0.39, 0.29) is 255 Å². The lowest BCUT2D eigenvalue weighted by molar-refractivity contribution is -0.143. The molecule has 41 nitrogen and oxygen atoms in total. The maximum atomic E-state index is 13.4. The molecule has 0 saturated heterocycles. The predicted molar refractivity (Wildman–Crippen MR) is 553 cm³/mol. The van der Waals surface area contributed by atoms with Crippen molar-refractivity contribution in [3.05, 3.63) is 0 Å². The van der Waals surface area contributed by atoms with Crippen LogP contribution in [0.25, 0.3) is 0 Å². The molecular weight excluding hydrogens is 1910 g/mol. The van der Waals surface area contributed by atoms with Crippen molar-refractivity contribution >= 4 is 108 Å². The number of aliphatic carboxylic acids is 5. The lowest BCUT2D eigenvalue weighted by Gasteiger charge is -2.28. The number of ether oxygens (including phenoxy) is 8. The first-order valence-corrected chi connectivity index (χ1v) is 55.3. The Labute approximate surface area is 872 Å². The fourth-order valence-corrected chi connectivity index (χ4v) is 17.5. The van der Waals surface area contributed by atoms with Gasteiger partial charge in [-0.25, -0.2) is 9.59 Å². The molecule has 17 N–H and O–H groups in total. The number of carbonyl (C=O) groups excluding carboxylic acids is 11. The zero-order chi connectivity index (χ0) is 107. The number of carbonyl (C=O) groups is 16. The van der Waals surface area contributed by atoms with Crippen molar-refractivity contribution in [2.45, 2.75) is 383 Å². The van der Waals surface area contributed by atoms with Crippen LogP contribution in [-0.2, 0) is 115 Å². The number of hydrogen-bond donors (Lipinski definition) is 18. The quantitative estimate of drug-likeness (QED) is 0.0153. The first-order chi connectivity index (χ1) is 70.8. The molecule has 2 saturated carbocycles. The molecule has 10 amide bonds. The number of unbranched alkanes of at least 4 members (excludes halogenated alkanes) is 32. The second kappa shape index (κ2) is 93.9. The monoisotopic (exact) mass is 2100 g/mol. The Morgan fingerprint density at radius 2 is 0.589 bits per heavy atom. The molecule has 0 bridgehead atoms. The Balaban J connectivity index is 1.47. The molecule has 2 aliphatic carbocycles. The molecule has 0 aromatic rings. The van der Waals surface area contributed by atoms with E-state index in [2.05, 4.69) is 76.0 Å². The Morgan fingerprint density at radius 1 is 0.281 bits per heavy atom. The van der Waals surface area contributed by atoms with Crippen LogP contribution in [-0.4, -0.2) is 309 Å². The van der Waals surface area contributed by atoms with Gasteiger partial charge in [-0.1, -0.05) is 193 Å². The van der Waals surface area contributed by atoms with Crippen molar-refractivity contribution in [2.75, 3.05) is 158 Å². The summed E-state index contributed by atoms with van der Waals surface area (Å²) in [5.74, 6) is -7.50. The third-order valence-corrected chi connectivity index (χ3v) is 26.4. The van der Waals surface area contributed by atoms with Gasteiger partial charge in [-0.15, -0.1) is 0 Å². The number of carboxylic acids is 5. The molecule has 0 heterocycles. The van der Waals surface area contributed by atoms with E-state index in [0.29, 0.717) is 83.1 Å². The highest BCUT2D eigenvalue weighted by Gasteiger charge is 2.32. The largest absolute Gasteiger partial charge is 0.481 e. The van der Waals surface area contributed by atoms with Crippen LogP contribution >= 0.6 is 12.8 Å². The Morgan fingerprint density at radius 3 is 0.952 bits per heavy atom. The van der Waals surface area contributed by atoms with Gasteiger partial charge in [0.25, 0.3) is 0 Å². The van der Waals surface area contributed by atoms with Crippen LogP contribution in [0.15, 0.2) is 0 Å². The van der Waals surface area contributed by atoms with E-state index in [1.807, 2.05) is 0 Å². The molecule has 1 unspecified atom stereocenters. The molecule has 842 valence electrons. The fraction of sp³-hybridized carbons (Fsp3) is 0.846. The highest BCUT2D eigenvalue weighted by molar-refractivity contribution is 7.78. The molecule has 0 aromatic heterocycles. The number of aldehydes is 1. The lowest BCUT2D eigenvalue weighted by Crippen LogP contribution is -2.47. The third kappa shape index (κ3) is 81.6. The second-order valence-electron chi connectivity index (χ2n) is 38.6. The smallest absolute Gasteiger partial charge is 0.326 e. The molecule has 2 fully saturated rings. The zero-order valence-corrected chi connectivity index (χ0v) is 88.5. The van der Waals surface area contributed by atoms with Gasteiger partial charge >= 0.3 is 29.8 Å². The van der Waals surface area contributed by atoms with Crippen molar-refractivity contribution in [3.8, 4) is 0 Å². The summed E-state index contributed by atoms with van der Waals surface area (Å²) in [7, 11) is 0. The van der Waals surface area contributed by atoms with Crippen LogP contribution in [0, 0.1) is 23.7 Å². The SMILES string of the molecule is O=CC(CN[C@@H](CCCCNC(=O)COCCOCCNC(=O)COCCOCCNC(=O)CC[C@H](NC(=O)[C@H]1CC[C@H](CNC(=O)CCCCCCCCCCCCCCCCCCC(=O)O)CC1)C(=O)O)C(=O)NCCCC[C@H](NS)C(=O)O)OCCOCCNC(=O)COCCOCCNC(=O)CC[C@H](NC(=O)C[C@H]1CC[C@H](CNC(=O)CCCCCCCCCCCCCCCCCCC(=O)O)CC1)C(=O)O. The normalized spacial score (nSPS) is 15.5. The van der Waals surface area contributed by atoms with Crippen LogP contribution in [0.1, 0.15) is 353 Å². The van der Waals surface area contributed by atoms with Gasteiger partial charge in [0, 0.05) is 110 Å². The molecule has 2 aliphatic rings. The molecule has 42 heteroatoms. The van der Waals surface area contributed by atoms with Gasteiger partial charge in [-0.2, -0.15) is 0 Å². The maximum Gasteiger partial charge on any atom is 0.326 e. The Kier molecular flexibility index (Phi) is 86.0. The number of carboxylic acid groups (broad SMARTS) is 5. The van der Waals surface area contributed by atoms with Gasteiger partial charge in [0.1, 0.15) is 50.3 Å². The average molecular weight is 2100 g/mol. The van der Waals surface area contributed by atoms with E-state index in [0.717, 1.165) is 116 Å². The number of thiol groups is 1. The predicted octanol–water partition coefficient (Wildman–Crippen LogP) is 9.72. The molecule has 0 radical (unpaired) electrons. The van der Waals surface area contributed by atoms with Crippen molar-refractivity contribution in [1.82, 2.24) is 63.2 Å². The second-order valence-corrected chi connectivity index (χ2v) is 38.9. The maximum absolute atomic E-state index is 13.4. The lowest BCUT2D eigenvalue weighted by atomic mass is 9.80. The Bertz CT molecular complexity index is 3500. The van der Waals surface area contributed by atoms with Crippen LogP contribution in [0.2, 0.25) is 0 Å². The van der Waals surface area contributed by atoms with Gasteiger partial charge in [-0.05, 0) is 146 Å². The van der Waals surface area contributed by atoms with E-state index in [9.17, 15) is 92.0 Å². The van der Waals surface area contributed by atoms with Crippen LogP contribution in [0.5, 0.6) is 0 Å². The van der Waals surface area contributed by atoms with Crippen molar-refractivity contribution in [2.24, 2.45) is 23.7 Å². The van der Waals surface area contributed by atoms with E-state index in [1.165, 1.54) is 128 Å². The van der Waals surface area contributed by atoms with E-state index < -0.39 is 77.8 Å². The first-order valence-electron chi connectivity index (χ1n) is 54.9. The minimum Gasteiger partial charge on any atom is -0.481 e. The Hall–Kier alpha value is -8.33. The highest BCUT2D eigenvalue weighted by Crippen LogP contribution is 2.32. The van der Waals surface area contributed by atoms with Crippen LogP contribution < -0.4 is 63.2 Å². The van der Waals surface area contributed by atoms with Crippen LogP contribution in [0.4, 0.5) is 0 Å². The molecule has 0 aliphatic heterocycles. The molecule has 0 spiro atoms. The summed E-state index contributed by atoms with van der Waals surface area (Å²) in [6.45, 7) is 2.90. The minimum absolute atomic E-state index is 0.0131. The average Bonchev–Trinajstić information content (AvgIpc) is 0.880. The van der Waals surface area contributed by atoms with Crippen molar-refractivity contribution in [3.63, 3.8) is 0 Å². The number of nitrogens with one attached hydrogen (secondary N) is 12. The van der Waals surface area contributed by atoms with E-state index in [1.54, 1.807) is 0 Å². The molecule has 5 atom stereocenters. The van der Waals surface area contributed by atoms with Gasteiger partial charge in [0.2, 0.25) is 59.1 Å².